The third-order valence-corrected chi connectivity index (χ3v) is 6.37. The Morgan fingerprint density at radius 2 is 2.20 bits per heavy atom. The molecule has 8 heteroatoms. The van der Waals surface area contributed by atoms with Crippen molar-refractivity contribution in [2.75, 3.05) is 25.6 Å². The molecule has 0 radical (unpaired) electrons. The molecule has 2 amide bonds. The number of rotatable bonds is 10. The van der Waals surface area contributed by atoms with E-state index in [0.717, 1.165) is 26.6 Å². The van der Waals surface area contributed by atoms with Gasteiger partial charge < -0.3 is 25.8 Å². The molecular formula is C22H31N3O4S. The number of aliphatic hydroxyl groups excluding tert-OH is 1. The Kier molecular flexibility index (Phi) is 8.83. The molecule has 0 aliphatic carbocycles. The molecule has 1 atom stereocenters. The van der Waals surface area contributed by atoms with Gasteiger partial charge in [0, 0.05) is 36.4 Å². The summed E-state index contributed by atoms with van der Waals surface area (Å²) in [7, 11) is 1.56. The Morgan fingerprint density at radius 3 is 2.80 bits per heavy atom. The van der Waals surface area contributed by atoms with Crippen LogP contribution in [0.15, 0.2) is 36.6 Å². The first kappa shape index (κ1) is 23.9. The summed E-state index contributed by atoms with van der Waals surface area (Å²) in [5, 5.41) is 12.8. The quantitative estimate of drug-likeness (QED) is 0.389. The molecule has 0 spiro atoms. The number of ether oxygens (including phenoxy) is 1. The number of nitrogens with two attached hydrogens (primary N) is 1. The minimum absolute atomic E-state index is 0.0645. The maximum Gasteiger partial charge on any atom is 0.225 e. The van der Waals surface area contributed by atoms with Crippen LogP contribution in [-0.4, -0.2) is 42.1 Å². The molecule has 2 heterocycles. The molecule has 1 aliphatic rings. The van der Waals surface area contributed by atoms with Gasteiger partial charge in [-0.1, -0.05) is 26.2 Å². The topological polar surface area (TPSA) is 105 Å². The predicted octanol–water partition coefficient (Wildman–Crippen LogP) is 2.71. The van der Waals surface area contributed by atoms with Crippen LogP contribution in [0.25, 0.3) is 0 Å². The second-order valence-corrected chi connectivity index (χ2v) is 8.31. The number of carbonyl (C=O) groups is 2. The molecule has 2 rings (SSSR count). The van der Waals surface area contributed by atoms with Crippen LogP contribution in [0.3, 0.4) is 0 Å². The Hall–Kier alpha value is -2.42. The first-order chi connectivity index (χ1) is 14.4. The van der Waals surface area contributed by atoms with Crippen LogP contribution in [0.2, 0.25) is 0 Å². The standard InChI is InChI=1S/C22H31N3O4S/c1-5-6-18(29-4)15(3)14(2)11-20(27)24-22-17(12-23)16-7-9-25(13-19(16)30-22)21(28)8-10-26/h5-6,14,26H,1,3,7-13,23H2,2,4H3,(H,24,27)/b18-6+. The fraction of sp³-hybridized carbons (Fsp3) is 0.455. The molecule has 30 heavy (non-hydrogen) atoms. The van der Waals surface area contributed by atoms with Crippen molar-refractivity contribution in [2.24, 2.45) is 11.7 Å². The Morgan fingerprint density at radius 1 is 1.47 bits per heavy atom. The van der Waals surface area contributed by atoms with Crippen molar-refractivity contribution in [3.8, 4) is 0 Å². The van der Waals surface area contributed by atoms with Gasteiger partial charge in [0.05, 0.1) is 25.3 Å². The molecule has 164 valence electrons. The summed E-state index contributed by atoms with van der Waals surface area (Å²) in [6.45, 7) is 10.9. The molecule has 1 aromatic rings. The number of nitrogens with one attached hydrogen (secondary N) is 1. The Bertz CT molecular complexity index is 844. The second-order valence-electron chi connectivity index (χ2n) is 7.20. The van der Waals surface area contributed by atoms with Gasteiger partial charge in [0.15, 0.2) is 0 Å². The van der Waals surface area contributed by atoms with Crippen LogP contribution in [0, 0.1) is 5.92 Å². The van der Waals surface area contributed by atoms with Crippen LogP contribution < -0.4 is 11.1 Å². The zero-order valence-corrected chi connectivity index (χ0v) is 18.5. The number of carbonyl (C=O) groups excluding carboxylic acids is 2. The largest absolute Gasteiger partial charge is 0.496 e. The number of amides is 2. The van der Waals surface area contributed by atoms with Crippen molar-refractivity contribution >= 4 is 28.2 Å². The highest BCUT2D eigenvalue weighted by molar-refractivity contribution is 7.16. The van der Waals surface area contributed by atoms with E-state index in [0.29, 0.717) is 31.8 Å². The van der Waals surface area contributed by atoms with Crippen LogP contribution >= 0.6 is 11.3 Å². The summed E-state index contributed by atoms with van der Waals surface area (Å²) in [6, 6.07) is 0. The average Bonchev–Trinajstić information content (AvgIpc) is 3.07. The highest BCUT2D eigenvalue weighted by atomic mass is 32.1. The van der Waals surface area contributed by atoms with E-state index >= 15 is 0 Å². The fourth-order valence-corrected chi connectivity index (χ4v) is 4.80. The fourth-order valence-electron chi connectivity index (χ4n) is 3.49. The number of hydrogen-bond acceptors (Lipinski definition) is 6. The first-order valence-electron chi connectivity index (χ1n) is 9.94. The first-order valence-corrected chi connectivity index (χ1v) is 10.8. The zero-order valence-electron chi connectivity index (χ0n) is 17.7. The Balaban J connectivity index is 2.09. The highest BCUT2D eigenvalue weighted by Gasteiger charge is 2.27. The summed E-state index contributed by atoms with van der Waals surface area (Å²) in [6.07, 6.45) is 4.42. The van der Waals surface area contributed by atoms with E-state index in [1.165, 1.54) is 11.3 Å². The lowest BCUT2D eigenvalue weighted by Gasteiger charge is -2.27. The van der Waals surface area contributed by atoms with Crippen LogP contribution in [0.4, 0.5) is 5.00 Å². The summed E-state index contributed by atoms with van der Waals surface area (Å²) in [5.74, 6) is 0.301. The van der Waals surface area contributed by atoms with Crippen LogP contribution in [0.5, 0.6) is 0 Å². The van der Waals surface area contributed by atoms with Gasteiger partial charge in [-0.2, -0.15) is 0 Å². The molecule has 4 N–H and O–H groups in total. The molecule has 7 nitrogen and oxygen atoms in total. The number of allylic oxidation sites excluding steroid dienone is 3. The molecule has 0 aromatic carbocycles. The maximum atomic E-state index is 12.7. The second kappa shape index (κ2) is 11.1. The van der Waals surface area contributed by atoms with E-state index in [1.807, 2.05) is 6.92 Å². The van der Waals surface area contributed by atoms with E-state index in [1.54, 1.807) is 24.2 Å². The molecule has 0 saturated carbocycles. The lowest BCUT2D eigenvalue weighted by atomic mass is 9.96. The van der Waals surface area contributed by atoms with Crippen molar-refractivity contribution in [1.82, 2.24) is 4.90 Å². The molecule has 0 bridgehead atoms. The Labute approximate surface area is 181 Å². The molecule has 1 aliphatic heterocycles. The highest BCUT2D eigenvalue weighted by Crippen LogP contribution is 2.37. The summed E-state index contributed by atoms with van der Waals surface area (Å²) in [4.78, 5) is 27.6. The van der Waals surface area contributed by atoms with Crippen molar-refractivity contribution in [1.29, 1.82) is 0 Å². The van der Waals surface area contributed by atoms with Crippen molar-refractivity contribution in [3.63, 3.8) is 0 Å². The lowest BCUT2D eigenvalue weighted by Crippen LogP contribution is -2.35. The molecule has 0 saturated heterocycles. The van der Waals surface area contributed by atoms with Gasteiger partial charge >= 0.3 is 0 Å². The summed E-state index contributed by atoms with van der Waals surface area (Å²) < 4.78 is 5.31. The van der Waals surface area contributed by atoms with Gasteiger partial charge in [0.25, 0.3) is 0 Å². The third-order valence-electron chi connectivity index (χ3n) is 5.19. The molecular weight excluding hydrogens is 402 g/mol. The number of nitrogens with zero attached hydrogens (tertiary/aromatic N) is 1. The average molecular weight is 434 g/mol. The van der Waals surface area contributed by atoms with Crippen molar-refractivity contribution in [2.45, 2.75) is 39.3 Å². The summed E-state index contributed by atoms with van der Waals surface area (Å²) in [5.41, 5.74) is 8.77. The smallest absolute Gasteiger partial charge is 0.225 e. The monoisotopic (exact) mass is 433 g/mol. The molecule has 1 aromatic heterocycles. The van der Waals surface area contributed by atoms with Gasteiger partial charge in [0.1, 0.15) is 5.76 Å². The van der Waals surface area contributed by atoms with Crippen LogP contribution in [-0.2, 0) is 33.8 Å². The van der Waals surface area contributed by atoms with E-state index in [-0.39, 0.29) is 37.2 Å². The van der Waals surface area contributed by atoms with Crippen LogP contribution in [0.1, 0.15) is 35.8 Å². The third kappa shape index (κ3) is 5.59. The number of fused-ring (bicyclic) bond motifs is 1. The number of thiophene rings is 1. The zero-order chi connectivity index (χ0) is 22.3. The number of anilines is 1. The van der Waals surface area contributed by atoms with E-state index in [2.05, 4.69) is 18.5 Å². The minimum atomic E-state index is -0.155. The molecule has 0 fully saturated rings. The maximum absolute atomic E-state index is 12.7. The van der Waals surface area contributed by atoms with Gasteiger partial charge in [-0.25, -0.2) is 0 Å². The van der Waals surface area contributed by atoms with Gasteiger partial charge in [-0.15, -0.1) is 11.3 Å². The number of methoxy groups -OCH3 is 1. The number of aliphatic hydroxyl groups is 1. The van der Waals surface area contributed by atoms with Crippen molar-refractivity contribution < 1.29 is 19.4 Å². The van der Waals surface area contributed by atoms with Crippen molar-refractivity contribution in [3.05, 3.63) is 52.6 Å². The van der Waals surface area contributed by atoms with Gasteiger partial charge in [-0.3, -0.25) is 9.59 Å². The SMILES string of the molecule is C=C/C=C(/OC)C(=C)C(C)CC(=O)Nc1sc2c(c1CN)CCN(C(=O)CCO)C2. The number of hydrogen-bond donors (Lipinski definition) is 3. The van der Waals surface area contributed by atoms with E-state index in [4.69, 9.17) is 15.6 Å². The van der Waals surface area contributed by atoms with E-state index < -0.39 is 0 Å². The summed E-state index contributed by atoms with van der Waals surface area (Å²) >= 11 is 1.47. The normalized spacial score (nSPS) is 14.7. The molecule has 1 unspecified atom stereocenters. The van der Waals surface area contributed by atoms with Gasteiger partial charge in [0.2, 0.25) is 11.8 Å². The van der Waals surface area contributed by atoms with E-state index in [9.17, 15) is 9.59 Å². The van der Waals surface area contributed by atoms with Gasteiger partial charge in [-0.05, 0) is 29.6 Å². The minimum Gasteiger partial charge on any atom is -0.496 e. The lowest BCUT2D eigenvalue weighted by molar-refractivity contribution is -0.132. The predicted molar refractivity (Wildman–Crippen MR) is 120 cm³/mol.